The maximum absolute atomic E-state index is 12.8. The van der Waals surface area contributed by atoms with E-state index in [-0.39, 0.29) is 16.3 Å². The number of amides is 2. The Bertz CT molecular complexity index is 1030. The van der Waals surface area contributed by atoms with Crippen LogP contribution < -0.4 is 10.9 Å². The zero-order valence-corrected chi connectivity index (χ0v) is 15.3. The van der Waals surface area contributed by atoms with Crippen LogP contribution in [0.1, 0.15) is 32.0 Å². The molecule has 0 spiro atoms. The minimum absolute atomic E-state index is 0.0116. The summed E-state index contributed by atoms with van der Waals surface area (Å²) < 4.78 is 38.5. The number of hydrogen-bond acceptors (Lipinski definition) is 4. The minimum Gasteiger partial charge on any atom is -0.267 e. The van der Waals surface area contributed by atoms with Gasteiger partial charge in [-0.3, -0.25) is 20.4 Å². The number of benzene rings is 2. The molecular weight excluding hydrogens is 391 g/mol. The van der Waals surface area contributed by atoms with Gasteiger partial charge in [0.2, 0.25) is 0 Å². The molecule has 3 rings (SSSR count). The molecule has 2 amide bonds. The van der Waals surface area contributed by atoms with Gasteiger partial charge in [0, 0.05) is 16.5 Å². The number of halogens is 3. The smallest absolute Gasteiger partial charge is 0.267 e. The number of rotatable bonds is 3. The molecule has 0 saturated heterocycles. The van der Waals surface area contributed by atoms with Crippen molar-refractivity contribution in [2.75, 3.05) is 0 Å². The highest BCUT2D eigenvalue weighted by atomic mass is 32.1. The van der Waals surface area contributed by atoms with Crippen molar-refractivity contribution in [1.29, 1.82) is 0 Å². The highest BCUT2D eigenvalue weighted by Gasteiger charge is 2.30. The molecule has 0 radical (unpaired) electrons. The molecule has 28 heavy (non-hydrogen) atoms. The summed E-state index contributed by atoms with van der Waals surface area (Å²) in [7, 11) is 0. The molecule has 0 aliphatic rings. The van der Waals surface area contributed by atoms with Crippen LogP contribution in [0.5, 0.6) is 0 Å². The van der Waals surface area contributed by atoms with E-state index in [1.165, 1.54) is 17.5 Å². The van der Waals surface area contributed by atoms with Crippen molar-refractivity contribution < 1.29 is 22.8 Å². The SMILES string of the molecule is Cc1ccccc1C(=O)NNC(=O)c1csc(-c2cccc(C(F)(F)F)c2)n1. The van der Waals surface area contributed by atoms with Crippen molar-refractivity contribution >= 4 is 23.2 Å². The largest absolute Gasteiger partial charge is 0.416 e. The zero-order chi connectivity index (χ0) is 20.3. The van der Waals surface area contributed by atoms with Crippen LogP contribution in [-0.4, -0.2) is 16.8 Å². The van der Waals surface area contributed by atoms with Gasteiger partial charge in [-0.25, -0.2) is 4.98 Å². The highest BCUT2D eigenvalue weighted by Crippen LogP contribution is 2.33. The fraction of sp³-hybridized carbons (Fsp3) is 0.105. The molecule has 0 atom stereocenters. The molecule has 3 aromatic rings. The van der Waals surface area contributed by atoms with Crippen molar-refractivity contribution in [2.45, 2.75) is 13.1 Å². The Balaban J connectivity index is 1.69. The summed E-state index contributed by atoms with van der Waals surface area (Å²) in [4.78, 5) is 28.3. The van der Waals surface area contributed by atoms with Gasteiger partial charge in [0.05, 0.1) is 5.56 Å². The zero-order valence-electron chi connectivity index (χ0n) is 14.5. The molecule has 0 unspecified atom stereocenters. The van der Waals surface area contributed by atoms with Gasteiger partial charge in [0.1, 0.15) is 10.7 Å². The minimum atomic E-state index is -4.46. The summed E-state index contributed by atoms with van der Waals surface area (Å²) in [6, 6.07) is 11.6. The third kappa shape index (κ3) is 4.37. The fourth-order valence-electron chi connectivity index (χ4n) is 2.41. The van der Waals surface area contributed by atoms with Crippen LogP contribution >= 0.6 is 11.3 Å². The Hall–Kier alpha value is -3.20. The third-order valence-corrected chi connectivity index (χ3v) is 4.74. The molecule has 0 aliphatic heterocycles. The molecule has 9 heteroatoms. The van der Waals surface area contributed by atoms with Crippen molar-refractivity contribution in [1.82, 2.24) is 15.8 Å². The van der Waals surface area contributed by atoms with E-state index >= 15 is 0 Å². The van der Waals surface area contributed by atoms with Crippen LogP contribution in [0.3, 0.4) is 0 Å². The van der Waals surface area contributed by atoms with Crippen molar-refractivity contribution in [2.24, 2.45) is 0 Å². The maximum Gasteiger partial charge on any atom is 0.416 e. The van der Waals surface area contributed by atoms with E-state index in [1.54, 1.807) is 31.2 Å². The third-order valence-electron chi connectivity index (χ3n) is 3.85. The predicted octanol–water partition coefficient (Wildman–Crippen LogP) is 4.21. The van der Waals surface area contributed by atoms with Crippen LogP contribution in [0.4, 0.5) is 13.2 Å². The lowest BCUT2D eigenvalue weighted by Gasteiger charge is -2.08. The number of hydrazine groups is 1. The summed E-state index contributed by atoms with van der Waals surface area (Å²) in [6.45, 7) is 1.76. The van der Waals surface area contributed by atoms with Crippen LogP contribution in [0.2, 0.25) is 0 Å². The lowest BCUT2D eigenvalue weighted by molar-refractivity contribution is -0.137. The average Bonchev–Trinajstić information content (AvgIpc) is 3.16. The number of aromatic nitrogens is 1. The van der Waals surface area contributed by atoms with E-state index in [4.69, 9.17) is 0 Å². The topological polar surface area (TPSA) is 71.1 Å². The monoisotopic (exact) mass is 405 g/mol. The van der Waals surface area contributed by atoms with Crippen LogP contribution in [-0.2, 0) is 6.18 Å². The van der Waals surface area contributed by atoms with Crippen molar-refractivity contribution in [3.63, 3.8) is 0 Å². The van der Waals surface area contributed by atoms with Crippen LogP contribution in [0.15, 0.2) is 53.9 Å². The fourth-order valence-corrected chi connectivity index (χ4v) is 3.21. The first-order valence-electron chi connectivity index (χ1n) is 8.05. The quantitative estimate of drug-likeness (QED) is 0.642. The molecule has 1 aromatic heterocycles. The Morgan fingerprint density at radius 3 is 2.43 bits per heavy atom. The van der Waals surface area contributed by atoms with Gasteiger partial charge in [-0.2, -0.15) is 13.2 Å². The van der Waals surface area contributed by atoms with Gasteiger partial charge in [0.15, 0.2) is 0 Å². The maximum atomic E-state index is 12.8. The first kappa shape index (κ1) is 19.6. The molecule has 0 aliphatic carbocycles. The molecular formula is C19H14F3N3O2S. The van der Waals surface area contributed by atoms with Crippen LogP contribution in [0.25, 0.3) is 10.6 Å². The Labute approximate surface area is 162 Å². The lowest BCUT2D eigenvalue weighted by Crippen LogP contribution is -2.42. The van der Waals surface area contributed by atoms with E-state index < -0.39 is 23.6 Å². The second kappa shape index (κ2) is 7.81. The molecule has 1 heterocycles. The first-order valence-corrected chi connectivity index (χ1v) is 8.93. The Morgan fingerprint density at radius 2 is 1.71 bits per heavy atom. The molecule has 0 bridgehead atoms. The summed E-state index contributed by atoms with van der Waals surface area (Å²) in [5.74, 6) is -1.16. The molecule has 144 valence electrons. The van der Waals surface area contributed by atoms with E-state index in [9.17, 15) is 22.8 Å². The number of nitrogens with zero attached hydrogens (tertiary/aromatic N) is 1. The van der Waals surface area contributed by atoms with Crippen molar-refractivity contribution in [3.05, 3.63) is 76.3 Å². The number of carbonyl (C=O) groups is 2. The van der Waals surface area contributed by atoms with E-state index in [1.807, 2.05) is 0 Å². The van der Waals surface area contributed by atoms with E-state index in [2.05, 4.69) is 15.8 Å². The van der Waals surface area contributed by atoms with Gasteiger partial charge in [0.25, 0.3) is 11.8 Å². The number of hydrogen-bond donors (Lipinski definition) is 2. The second-order valence-corrected chi connectivity index (χ2v) is 6.70. The number of thiazole rings is 1. The number of alkyl halides is 3. The van der Waals surface area contributed by atoms with Crippen molar-refractivity contribution in [3.8, 4) is 10.6 Å². The summed E-state index contributed by atoms with van der Waals surface area (Å²) in [5.41, 5.74) is 5.14. The molecule has 5 nitrogen and oxygen atoms in total. The number of nitrogens with one attached hydrogen (secondary N) is 2. The number of carbonyl (C=O) groups excluding carboxylic acids is 2. The standard InChI is InChI=1S/C19H14F3N3O2S/c1-11-5-2-3-8-14(11)16(26)24-25-17(27)15-10-28-18(23-15)12-6-4-7-13(9-12)19(20,21)22/h2-10H,1H3,(H,24,26)(H,25,27). The normalized spacial score (nSPS) is 11.1. The lowest BCUT2D eigenvalue weighted by atomic mass is 10.1. The van der Waals surface area contributed by atoms with E-state index in [0.29, 0.717) is 5.56 Å². The predicted molar refractivity (Wildman–Crippen MR) is 98.7 cm³/mol. The molecule has 0 fully saturated rings. The van der Waals surface area contributed by atoms with Gasteiger partial charge in [-0.1, -0.05) is 30.3 Å². The second-order valence-electron chi connectivity index (χ2n) is 5.84. The van der Waals surface area contributed by atoms with Crippen LogP contribution in [0, 0.1) is 6.92 Å². The highest BCUT2D eigenvalue weighted by molar-refractivity contribution is 7.13. The Kier molecular flexibility index (Phi) is 5.46. The summed E-state index contributed by atoms with van der Waals surface area (Å²) >= 11 is 1.03. The molecule has 0 saturated carbocycles. The first-order chi connectivity index (χ1) is 13.3. The van der Waals surface area contributed by atoms with Gasteiger partial charge >= 0.3 is 6.18 Å². The average molecular weight is 405 g/mol. The van der Waals surface area contributed by atoms with Gasteiger partial charge < -0.3 is 0 Å². The van der Waals surface area contributed by atoms with Gasteiger partial charge in [-0.05, 0) is 30.7 Å². The summed E-state index contributed by atoms with van der Waals surface area (Å²) in [5, 5.41) is 1.67. The van der Waals surface area contributed by atoms with E-state index in [0.717, 1.165) is 29.0 Å². The summed E-state index contributed by atoms with van der Waals surface area (Å²) in [6.07, 6.45) is -4.46. The van der Waals surface area contributed by atoms with Gasteiger partial charge in [-0.15, -0.1) is 11.3 Å². The number of aryl methyl sites for hydroxylation is 1. The molecule has 2 N–H and O–H groups in total. The molecule has 2 aromatic carbocycles. The Morgan fingerprint density at radius 1 is 1.00 bits per heavy atom.